The van der Waals surface area contributed by atoms with Crippen LogP contribution in [0.5, 0.6) is 0 Å². The molecular formula is C20H26BrN3O4S. The summed E-state index contributed by atoms with van der Waals surface area (Å²) < 4.78 is 11.0. The summed E-state index contributed by atoms with van der Waals surface area (Å²) in [6.07, 6.45) is 1.46. The molecule has 7 nitrogen and oxygen atoms in total. The van der Waals surface area contributed by atoms with E-state index >= 15 is 0 Å². The Labute approximate surface area is 183 Å². The van der Waals surface area contributed by atoms with Crippen molar-refractivity contribution < 1.29 is 19.1 Å². The predicted molar refractivity (Wildman–Crippen MR) is 116 cm³/mol. The lowest BCUT2D eigenvalue weighted by molar-refractivity contribution is 0.0723. The van der Waals surface area contributed by atoms with Gasteiger partial charge in [0.25, 0.3) is 11.8 Å². The van der Waals surface area contributed by atoms with Gasteiger partial charge in [0.1, 0.15) is 10.7 Å². The van der Waals surface area contributed by atoms with Gasteiger partial charge in [0.15, 0.2) is 0 Å². The summed E-state index contributed by atoms with van der Waals surface area (Å²) in [4.78, 5) is 31.3. The summed E-state index contributed by atoms with van der Waals surface area (Å²) in [7, 11) is 3.27. The molecule has 1 N–H and O–H groups in total. The molecule has 0 aliphatic rings. The van der Waals surface area contributed by atoms with Crippen molar-refractivity contribution in [1.29, 1.82) is 0 Å². The van der Waals surface area contributed by atoms with Crippen LogP contribution in [0.15, 0.2) is 34.1 Å². The highest BCUT2D eigenvalue weighted by molar-refractivity contribution is 9.10. The normalized spacial score (nSPS) is 10.7. The second-order valence-electron chi connectivity index (χ2n) is 6.31. The van der Waals surface area contributed by atoms with Crippen molar-refractivity contribution in [3.8, 4) is 0 Å². The third-order valence-electron chi connectivity index (χ3n) is 4.08. The van der Waals surface area contributed by atoms with E-state index in [-0.39, 0.29) is 11.8 Å². The molecule has 0 saturated carbocycles. The van der Waals surface area contributed by atoms with Gasteiger partial charge in [0, 0.05) is 55.9 Å². The fourth-order valence-corrected chi connectivity index (χ4v) is 3.64. The quantitative estimate of drug-likeness (QED) is 0.468. The van der Waals surface area contributed by atoms with Crippen LogP contribution in [0, 0.1) is 0 Å². The molecule has 9 heteroatoms. The molecule has 0 unspecified atom stereocenters. The van der Waals surface area contributed by atoms with Gasteiger partial charge in [0.2, 0.25) is 0 Å². The Morgan fingerprint density at radius 2 is 1.83 bits per heavy atom. The number of hydrogen-bond donors (Lipinski definition) is 1. The molecule has 2 rings (SSSR count). The first-order chi connectivity index (χ1) is 14.0. The highest BCUT2D eigenvalue weighted by Gasteiger charge is 2.19. The lowest BCUT2D eigenvalue weighted by atomic mass is 10.2. The second kappa shape index (κ2) is 12.7. The summed E-state index contributed by atoms with van der Waals surface area (Å²) in [5.41, 5.74) is 0.980. The fourth-order valence-electron chi connectivity index (χ4n) is 2.59. The minimum absolute atomic E-state index is 0.0747. The van der Waals surface area contributed by atoms with Gasteiger partial charge >= 0.3 is 0 Å². The Balaban J connectivity index is 2.02. The van der Waals surface area contributed by atoms with Crippen LogP contribution < -0.4 is 5.32 Å². The number of benzene rings is 1. The molecule has 0 aliphatic carbocycles. The smallest absolute Gasteiger partial charge is 0.270 e. The third kappa shape index (κ3) is 7.85. The third-order valence-corrected chi connectivity index (χ3v) is 5.44. The molecule has 0 atom stereocenters. The number of rotatable bonds is 12. The van der Waals surface area contributed by atoms with Crippen molar-refractivity contribution in [3.05, 3.63) is 50.4 Å². The van der Waals surface area contributed by atoms with Crippen LogP contribution in [-0.2, 0) is 16.0 Å². The predicted octanol–water partition coefficient (Wildman–Crippen LogP) is 3.35. The van der Waals surface area contributed by atoms with Gasteiger partial charge in [-0.2, -0.15) is 0 Å². The lowest BCUT2D eigenvalue weighted by Gasteiger charge is -2.21. The van der Waals surface area contributed by atoms with Gasteiger partial charge in [-0.3, -0.25) is 9.59 Å². The number of carbonyl (C=O) groups excluding carboxylic acids is 2. The molecule has 0 fully saturated rings. The minimum atomic E-state index is -0.214. The maximum Gasteiger partial charge on any atom is 0.270 e. The van der Waals surface area contributed by atoms with Crippen molar-refractivity contribution in [2.45, 2.75) is 19.4 Å². The number of nitrogens with one attached hydrogen (secondary N) is 1. The van der Waals surface area contributed by atoms with Crippen LogP contribution >= 0.6 is 27.3 Å². The number of hydrogen-bond acceptors (Lipinski definition) is 6. The molecule has 0 aliphatic heterocycles. The first-order valence-corrected chi connectivity index (χ1v) is 11.0. The van der Waals surface area contributed by atoms with E-state index in [0.717, 1.165) is 22.3 Å². The number of thiazole rings is 1. The Morgan fingerprint density at radius 1 is 1.14 bits per heavy atom. The van der Waals surface area contributed by atoms with Crippen LogP contribution in [0.25, 0.3) is 0 Å². The maximum atomic E-state index is 13.0. The van der Waals surface area contributed by atoms with E-state index in [2.05, 4.69) is 26.2 Å². The van der Waals surface area contributed by atoms with Crippen molar-refractivity contribution >= 4 is 39.1 Å². The van der Waals surface area contributed by atoms with Gasteiger partial charge in [-0.15, -0.1) is 11.3 Å². The first-order valence-electron chi connectivity index (χ1n) is 9.30. The maximum absolute atomic E-state index is 13.0. The van der Waals surface area contributed by atoms with E-state index < -0.39 is 0 Å². The molecule has 2 amide bonds. The van der Waals surface area contributed by atoms with E-state index in [1.54, 1.807) is 36.6 Å². The zero-order valence-electron chi connectivity index (χ0n) is 16.7. The Bertz CT molecular complexity index is 782. The zero-order chi connectivity index (χ0) is 21.1. The van der Waals surface area contributed by atoms with E-state index in [1.807, 2.05) is 12.1 Å². The molecule has 2 aromatic rings. The monoisotopic (exact) mass is 483 g/mol. The molecule has 1 aromatic carbocycles. The molecule has 29 heavy (non-hydrogen) atoms. The minimum Gasteiger partial charge on any atom is -0.385 e. The highest BCUT2D eigenvalue weighted by atomic mass is 79.9. The molecule has 0 saturated heterocycles. The Kier molecular flexibility index (Phi) is 10.3. The van der Waals surface area contributed by atoms with Crippen LogP contribution in [0.4, 0.5) is 0 Å². The van der Waals surface area contributed by atoms with Gasteiger partial charge in [0.05, 0.1) is 6.54 Å². The number of carbonyl (C=O) groups is 2. The fraction of sp³-hybridized carbons (Fsp3) is 0.450. The van der Waals surface area contributed by atoms with Crippen LogP contribution in [0.3, 0.4) is 0 Å². The topological polar surface area (TPSA) is 80.8 Å². The summed E-state index contributed by atoms with van der Waals surface area (Å²) in [5.74, 6) is -0.289. The molecule has 1 heterocycles. The van der Waals surface area contributed by atoms with E-state index in [9.17, 15) is 9.59 Å². The second-order valence-corrected chi connectivity index (χ2v) is 8.17. The largest absolute Gasteiger partial charge is 0.385 e. The van der Waals surface area contributed by atoms with E-state index in [1.165, 1.54) is 11.3 Å². The van der Waals surface area contributed by atoms with Gasteiger partial charge < -0.3 is 19.7 Å². The summed E-state index contributed by atoms with van der Waals surface area (Å²) in [5, 5.41) is 5.26. The van der Waals surface area contributed by atoms with Crippen LogP contribution in [-0.4, -0.2) is 62.2 Å². The average molecular weight is 484 g/mol. The zero-order valence-corrected chi connectivity index (χ0v) is 19.1. The van der Waals surface area contributed by atoms with Gasteiger partial charge in [-0.25, -0.2) is 4.98 Å². The number of methoxy groups -OCH3 is 2. The van der Waals surface area contributed by atoms with Crippen molar-refractivity contribution in [2.24, 2.45) is 0 Å². The number of amides is 2. The van der Waals surface area contributed by atoms with Crippen molar-refractivity contribution in [1.82, 2.24) is 15.2 Å². The standard InChI is InChI=1S/C20H26BrN3O4S/c1-27-11-3-9-22-19(25)17-14-29-18(23-17)13-24(10-4-12-28-2)20(26)15-5-7-16(21)8-6-15/h5-8,14H,3-4,9-13H2,1-2H3,(H,22,25). The van der Waals surface area contributed by atoms with E-state index in [4.69, 9.17) is 9.47 Å². The SMILES string of the molecule is COCCCNC(=O)c1csc(CN(CCCOC)C(=O)c2ccc(Br)cc2)n1. The molecular weight excluding hydrogens is 458 g/mol. The molecule has 0 spiro atoms. The number of halogens is 1. The molecule has 1 aromatic heterocycles. The summed E-state index contributed by atoms with van der Waals surface area (Å²) >= 11 is 4.76. The van der Waals surface area contributed by atoms with Crippen molar-refractivity contribution in [2.75, 3.05) is 40.5 Å². The summed E-state index contributed by atoms with van der Waals surface area (Å²) in [6.45, 7) is 2.58. The van der Waals surface area contributed by atoms with Crippen LogP contribution in [0.1, 0.15) is 38.7 Å². The van der Waals surface area contributed by atoms with Crippen LogP contribution in [0.2, 0.25) is 0 Å². The number of aromatic nitrogens is 1. The number of ether oxygens (including phenoxy) is 2. The average Bonchev–Trinajstić information content (AvgIpc) is 3.19. The highest BCUT2D eigenvalue weighted by Crippen LogP contribution is 2.17. The van der Waals surface area contributed by atoms with Gasteiger partial charge in [-0.05, 0) is 37.1 Å². The summed E-state index contributed by atoms with van der Waals surface area (Å²) in [6, 6.07) is 7.26. The van der Waals surface area contributed by atoms with E-state index in [0.29, 0.717) is 44.1 Å². The Hall–Kier alpha value is -1.81. The van der Waals surface area contributed by atoms with Crippen molar-refractivity contribution in [3.63, 3.8) is 0 Å². The Morgan fingerprint density at radius 3 is 2.52 bits per heavy atom. The molecule has 0 bridgehead atoms. The number of nitrogens with zero attached hydrogens (tertiary/aromatic N) is 2. The molecule has 158 valence electrons. The first kappa shape index (κ1) is 23.5. The molecule has 0 radical (unpaired) electrons. The van der Waals surface area contributed by atoms with Gasteiger partial charge in [-0.1, -0.05) is 15.9 Å². The lowest BCUT2D eigenvalue weighted by Crippen LogP contribution is -2.32.